The topological polar surface area (TPSA) is 62.2 Å². The van der Waals surface area contributed by atoms with E-state index in [4.69, 9.17) is 0 Å². The first-order chi connectivity index (χ1) is 8.25. The van der Waals surface area contributed by atoms with Gasteiger partial charge in [-0.3, -0.25) is 9.78 Å². The molecule has 1 saturated carbocycles. The van der Waals surface area contributed by atoms with Crippen molar-refractivity contribution in [2.24, 2.45) is 11.8 Å². The molecule has 2 aliphatic rings. The standard InChI is InChI=1S/C13H16N2O2/c16-13(17)12-9-1-2-10(12)15-11(7-9)8-3-5-14-6-4-8/h3-6,9-12,15H,1-2,7H2,(H,16,17). The number of nitrogens with one attached hydrogen (secondary N) is 1. The summed E-state index contributed by atoms with van der Waals surface area (Å²) in [6.07, 6.45) is 6.54. The molecule has 1 saturated heterocycles. The molecule has 2 fully saturated rings. The van der Waals surface area contributed by atoms with Crippen LogP contribution < -0.4 is 5.32 Å². The van der Waals surface area contributed by atoms with Crippen LogP contribution >= 0.6 is 0 Å². The summed E-state index contributed by atoms with van der Waals surface area (Å²) in [5, 5.41) is 12.7. The van der Waals surface area contributed by atoms with Crippen LogP contribution in [0.2, 0.25) is 0 Å². The highest BCUT2D eigenvalue weighted by atomic mass is 16.4. The van der Waals surface area contributed by atoms with Gasteiger partial charge in [0.25, 0.3) is 0 Å². The van der Waals surface area contributed by atoms with Crippen molar-refractivity contribution < 1.29 is 9.90 Å². The molecule has 1 aromatic heterocycles. The molecule has 4 atom stereocenters. The number of piperidine rings is 1. The number of carboxylic acids is 1. The van der Waals surface area contributed by atoms with Gasteiger partial charge in [-0.1, -0.05) is 0 Å². The highest BCUT2D eigenvalue weighted by molar-refractivity contribution is 5.72. The van der Waals surface area contributed by atoms with E-state index in [9.17, 15) is 9.90 Å². The van der Waals surface area contributed by atoms with Crippen molar-refractivity contribution in [3.63, 3.8) is 0 Å². The number of aromatic nitrogens is 1. The summed E-state index contributed by atoms with van der Waals surface area (Å²) in [5.41, 5.74) is 1.22. The normalized spacial score (nSPS) is 35.8. The zero-order chi connectivity index (χ0) is 11.8. The van der Waals surface area contributed by atoms with Gasteiger partial charge in [0.2, 0.25) is 0 Å². The number of rotatable bonds is 2. The molecule has 0 amide bonds. The average Bonchev–Trinajstić information content (AvgIpc) is 2.62. The lowest BCUT2D eigenvalue weighted by atomic mass is 9.82. The highest BCUT2D eigenvalue weighted by Crippen LogP contribution is 2.43. The summed E-state index contributed by atoms with van der Waals surface area (Å²) < 4.78 is 0. The van der Waals surface area contributed by atoms with E-state index in [-0.39, 0.29) is 12.0 Å². The zero-order valence-corrected chi connectivity index (χ0v) is 9.54. The summed E-state index contributed by atoms with van der Waals surface area (Å²) in [4.78, 5) is 15.2. The molecule has 0 radical (unpaired) electrons. The number of carbonyl (C=O) groups is 1. The Kier molecular flexibility index (Phi) is 2.59. The minimum absolute atomic E-state index is 0.143. The van der Waals surface area contributed by atoms with Gasteiger partial charge in [-0.2, -0.15) is 0 Å². The van der Waals surface area contributed by atoms with Crippen molar-refractivity contribution in [3.05, 3.63) is 30.1 Å². The molecule has 4 unspecified atom stereocenters. The maximum atomic E-state index is 11.2. The Morgan fingerprint density at radius 2 is 2.12 bits per heavy atom. The van der Waals surface area contributed by atoms with Gasteiger partial charge in [-0.15, -0.1) is 0 Å². The minimum Gasteiger partial charge on any atom is -0.481 e. The largest absolute Gasteiger partial charge is 0.481 e. The van der Waals surface area contributed by atoms with E-state index < -0.39 is 5.97 Å². The van der Waals surface area contributed by atoms with E-state index in [0.29, 0.717) is 12.0 Å². The molecule has 1 aliphatic heterocycles. The first-order valence-corrected chi connectivity index (χ1v) is 6.14. The predicted molar refractivity (Wildman–Crippen MR) is 62.4 cm³/mol. The van der Waals surface area contributed by atoms with Crippen LogP contribution in [0.3, 0.4) is 0 Å². The first-order valence-electron chi connectivity index (χ1n) is 6.14. The number of hydrogen-bond acceptors (Lipinski definition) is 3. The molecule has 2 bridgehead atoms. The van der Waals surface area contributed by atoms with E-state index in [1.54, 1.807) is 12.4 Å². The van der Waals surface area contributed by atoms with Gasteiger partial charge in [0.1, 0.15) is 0 Å². The molecule has 2 N–H and O–H groups in total. The molecule has 1 aromatic rings. The fourth-order valence-corrected chi connectivity index (χ4v) is 3.36. The predicted octanol–water partition coefficient (Wildman–Crippen LogP) is 1.60. The fourth-order valence-electron chi connectivity index (χ4n) is 3.36. The number of carboxylic acid groups (broad SMARTS) is 1. The molecule has 3 rings (SSSR count). The van der Waals surface area contributed by atoms with Crippen LogP contribution in [0.25, 0.3) is 0 Å². The third kappa shape index (κ3) is 1.82. The number of nitrogens with zero attached hydrogens (tertiary/aromatic N) is 1. The fraction of sp³-hybridized carbons (Fsp3) is 0.538. The monoisotopic (exact) mass is 232 g/mol. The van der Waals surface area contributed by atoms with Crippen molar-refractivity contribution in [1.82, 2.24) is 10.3 Å². The van der Waals surface area contributed by atoms with Gasteiger partial charge < -0.3 is 10.4 Å². The second-order valence-corrected chi connectivity index (χ2v) is 5.04. The van der Waals surface area contributed by atoms with E-state index in [1.807, 2.05) is 12.1 Å². The minimum atomic E-state index is -0.641. The molecule has 0 aromatic carbocycles. The quantitative estimate of drug-likeness (QED) is 0.813. The third-order valence-electron chi connectivity index (χ3n) is 4.14. The van der Waals surface area contributed by atoms with Gasteiger partial charge >= 0.3 is 5.97 Å². The second kappa shape index (κ2) is 4.11. The molecule has 2 heterocycles. The average molecular weight is 232 g/mol. The Labute approximate surface area is 100 Å². The lowest BCUT2D eigenvalue weighted by molar-refractivity contribution is -0.144. The lowest BCUT2D eigenvalue weighted by Gasteiger charge is -2.34. The van der Waals surface area contributed by atoms with Crippen molar-refractivity contribution >= 4 is 5.97 Å². The van der Waals surface area contributed by atoms with Crippen LogP contribution in [0.15, 0.2) is 24.5 Å². The lowest BCUT2D eigenvalue weighted by Crippen LogP contribution is -2.45. The van der Waals surface area contributed by atoms with Crippen LogP contribution in [-0.2, 0) is 4.79 Å². The Morgan fingerprint density at radius 3 is 2.76 bits per heavy atom. The molecule has 4 heteroatoms. The van der Waals surface area contributed by atoms with Crippen molar-refractivity contribution in [3.8, 4) is 0 Å². The van der Waals surface area contributed by atoms with Gasteiger partial charge in [-0.05, 0) is 42.9 Å². The molecular weight excluding hydrogens is 216 g/mol. The van der Waals surface area contributed by atoms with Crippen LogP contribution in [0.4, 0.5) is 0 Å². The van der Waals surface area contributed by atoms with Crippen LogP contribution in [0, 0.1) is 11.8 Å². The molecule has 0 spiro atoms. The smallest absolute Gasteiger partial charge is 0.308 e. The molecule has 17 heavy (non-hydrogen) atoms. The first kappa shape index (κ1) is 10.7. The summed E-state index contributed by atoms with van der Waals surface area (Å²) in [5.74, 6) is -0.497. The van der Waals surface area contributed by atoms with Crippen molar-refractivity contribution in [1.29, 1.82) is 0 Å². The van der Waals surface area contributed by atoms with Crippen molar-refractivity contribution in [2.75, 3.05) is 0 Å². The molecular formula is C13H16N2O2. The highest BCUT2D eigenvalue weighted by Gasteiger charge is 2.46. The Morgan fingerprint density at radius 1 is 1.35 bits per heavy atom. The van der Waals surface area contributed by atoms with Gasteiger partial charge in [0.05, 0.1) is 5.92 Å². The van der Waals surface area contributed by atoms with E-state index in [2.05, 4.69) is 10.3 Å². The van der Waals surface area contributed by atoms with Gasteiger partial charge in [0.15, 0.2) is 0 Å². The Bertz CT molecular complexity index is 407. The number of hydrogen-bond donors (Lipinski definition) is 2. The molecule has 1 aliphatic carbocycles. The molecule has 4 nitrogen and oxygen atoms in total. The zero-order valence-electron chi connectivity index (χ0n) is 9.54. The van der Waals surface area contributed by atoms with Crippen LogP contribution in [0.1, 0.15) is 30.9 Å². The van der Waals surface area contributed by atoms with Gasteiger partial charge in [0, 0.05) is 24.5 Å². The summed E-state index contributed by atoms with van der Waals surface area (Å²) in [6.45, 7) is 0. The van der Waals surface area contributed by atoms with E-state index >= 15 is 0 Å². The number of fused-ring (bicyclic) bond motifs is 2. The van der Waals surface area contributed by atoms with Crippen LogP contribution in [-0.4, -0.2) is 22.1 Å². The van der Waals surface area contributed by atoms with Crippen LogP contribution in [0.5, 0.6) is 0 Å². The Hall–Kier alpha value is -1.42. The Balaban J connectivity index is 1.80. The molecule has 90 valence electrons. The maximum Gasteiger partial charge on any atom is 0.308 e. The summed E-state index contributed by atoms with van der Waals surface area (Å²) in [6, 6.07) is 4.46. The second-order valence-electron chi connectivity index (χ2n) is 5.04. The van der Waals surface area contributed by atoms with E-state index in [1.165, 1.54) is 5.56 Å². The summed E-state index contributed by atoms with van der Waals surface area (Å²) in [7, 11) is 0. The summed E-state index contributed by atoms with van der Waals surface area (Å²) >= 11 is 0. The number of aliphatic carboxylic acids is 1. The van der Waals surface area contributed by atoms with E-state index in [0.717, 1.165) is 19.3 Å². The number of pyridine rings is 1. The maximum absolute atomic E-state index is 11.2. The van der Waals surface area contributed by atoms with Gasteiger partial charge in [-0.25, -0.2) is 0 Å². The van der Waals surface area contributed by atoms with Crippen molar-refractivity contribution in [2.45, 2.75) is 31.3 Å². The SMILES string of the molecule is O=C(O)C1C2CCC1NC(c1ccncc1)C2. The third-order valence-corrected chi connectivity index (χ3v) is 4.14.